The van der Waals surface area contributed by atoms with Crippen LogP contribution in [0.1, 0.15) is 19.8 Å². The minimum atomic E-state index is 0. The number of unbranched alkanes of at least 4 members (excludes halogenated alkanes) is 1. The Kier molecular flexibility index (Phi) is 7.62. The van der Waals surface area contributed by atoms with Crippen molar-refractivity contribution in [3.8, 4) is 5.75 Å². The summed E-state index contributed by atoms with van der Waals surface area (Å²) in [4.78, 5) is 0. The number of ether oxygens (including phenoxy) is 1. The predicted octanol–water partition coefficient (Wildman–Crippen LogP) is 2.11. The van der Waals surface area contributed by atoms with Gasteiger partial charge >= 0.3 is 0 Å². The number of aryl methyl sites for hydroxylation is 1. The highest BCUT2D eigenvalue weighted by molar-refractivity contribution is 6.35. The first kappa shape index (κ1) is 20.9. The van der Waals surface area contributed by atoms with Crippen molar-refractivity contribution in [1.29, 1.82) is 5.41 Å². The van der Waals surface area contributed by atoms with Crippen LogP contribution in [0.4, 0.5) is 0 Å². The van der Waals surface area contributed by atoms with E-state index in [-0.39, 0.29) is 17.0 Å². The van der Waals surface area contributed by atoms with Gasteiger partial charge in [0.15, 0.2) is 0 Å². The monoisotopic (exact) mass is 456 g/mol. The van der Waals surface area contributed by atoms with Crippen LogP contribution >= 0.6 is 23.2 Å². The summed E-state index contributed by atoms with van der Waals surface area (Å²) in [5.41, 5.74) is 2.64. The first-order chi connectivity index (χ1) is 12.1. The second-order valence-electron chi connectivity index (χ2n) is 5.89. The molecule has 0 aliphatic carbocycles. The molecule has 1 N–H and O–H groups in total. The molecule has 4 nitrogen and oxygen atoms in total. The Bertz CT molecular complexity index is 936. The van der Waals surface area contributed by atoms with E-state index in [0.29, 0.717) is 34.6 Å². The van der Waals surface area contributed by atoms with Crippen molar-refractivity contribution >= 4 is 34.2 Å². The lowest BCUT2D eigenvalue weighted by Gasteiger charge is -2.09. The fourth-order valence-electron chi connectivity index (χ4n) is 2.90. The van der Waals surface area contributed by atoms with Crippen LogP contribution in [0, 0.1) is 5.41 Å². The van der Waals surface area contributed by atoms with Crippen molar-refractivity contribution in [2.24, 2.45) is 0 Å². The number of rotatable bonds is 7. The zero-order valence-electron chi connectivity index (χ0n) is 14.5. The summed E-state index contributed by atoms with van der Waals surface area (Å²) in [7, 11) is 0. The molecule has 26 heavy (non-hydrogen) atoms. The largest absolute Gasteiger partial charge is 1.00 e. The number of nitrogens with zero attached hydrogens (tertiary/aromatic N) is 2. The highest BCUT2D eigenvalue weighted by Crippen LogP contribution is 2.27. The van der Waals surface area contributed by atoms with E-state index in [0.717, 1.165) is 30.4 Å². The minimum Gasteiger partial charge on any atom is -1.00 e. The topological polar surface area (TPSA) is 42.9 Å². The third-order valence-electron chi connectivity index (χ3n) is 4.18. The summed E-state index contributed by atoms with van der Waals surface area (Å²) in [5.74, 6) is 0.605. The Labute approximate surface area is 173 Å². The average molecular weight is 458 g/mol. The van der Waals surface area contributed by atoms with Crippen LogP contribution in [0.2, 0.25) is 10.0 Å². The van der Waals surface area contributed by atoms with Crippen LogP contribution < -0.4 is 27.3 Å². The van der Waals surface area contributed by atoms with E-state index in [4.69, 9.17) is 33.3 Å². The predicted molar refractivity (Wildman–Crippen MR) is 103 cm³/mol. The average Bonchev–Trinajstić information content (AvgIpc) is 2.87. The molecule has 0 atom stereocenters. The number of imidazole rings is 1. The van der Waals surface area contributed by atoms with E-state index in [1.807, 2.05) is 22.8 Å². The van der Waals surface area contributed by atoms with Crippen molar-refractivity contribution < 1.29 is 21.7 Å². The summed E-state index contributed by atoms with van der Waals surface area (Å²) in [6.45, 7) is 4.02. The molecule has 0 fully saturated rings. The van der Waals surface area contributed by atoms with Crippen molar-refractivity contribution in [3.63, 3.8) is 0 Å². The maximum absolute atomic E-state index is 8.53. The Morgan fingerprint density at radius 2 is 1.65 bits per heavy atom. The maximum Gasteiger partial charge on any atom is 0.203 e. The van der Waals surface area contributed by atoms with E-state index in [1.165, 1.54) is 0 Å². The molecular formula is C19H21BrCl2N3O-. The molecule has 0 spiro atoms. The standard InChI is InChI=1S/C19H21Cl2N3O.BrH/c1-2-3-10-23-16-6-4-5-7-17(16)24(19(23)22)11-12-25-18-9-8-14(20)13-15(18)21;/h4-9,13,22H,2-3,10-12H2,1H3;1H/p-1. The first-order valence-corrected chi connectivity index (χ1v) is 9.18. The van der Waals surface area contributed by atoms with Crippen molar-refractivity contribution in [1.82, 2.24) is 9.13 Å². The number of hydrogen-bond donors (Lipinski definition) is 1. The second kappa shape index (κ2) is 9.49. The van der Waals surface area contributed by atoms with E-state index < -0.39 is 0 Å². The highest BCUT2D eigenvalue weighted by Gasteiger charge is 2.10. The number of hydrogen-bond acceptors (Lipinski definition) is 2. The van der Waals surface area contributed by atoms with Crippen molar-refractivity contribution in [3.05, 3.63) is 58.1 Å². The molecule has 0 bridgehead atoms. The number of fused-ring (bicyclic) bond motifs is 1. The Balaban J connectivity index is 0.00000243. The van der Waals surface area contributed by atoms with Gasteiger partial charge in [0, 0.05) is 11.6 Å². The molecule has 3 rings (SSSR count). The van der Waals surface area contributed by atoms with Gasteiger partial charge in [-0.3, -0.25) is 5.41 Å². The molecule has 0 saturated carbocycles. The van der Waals surface area contributed by atoms with Crippen LogP contribution in [0.15, 0.2) is 42.5 Å². The lowest BCUT2D eigenvalue weighted by molar-refractivity contribution is -0.00000563. The molecule has 3 aromatic rings. The lowest BCUT2D eigenvalue weighted by atomic mass is 10.3. The molecule has 0 unspecified atom stereocenters. The molecule has 140 valence electrons. The molecule has 2 aromatic carbocycles. The zero-order valence-corrected chi connectivity index (χ0v) is 17.6. The van der Waals surface area contributed by atoms with E-state index in [9.17, 15) is 0 Å². The smallest absolute Gasteiger partial charge is 0.203 e. The molecule has 0 amide bonds. The van der Waals surface area contributed by atoms with Gasteiger partial charge in [0.25, 0.3) is 0 Å². The second-order valence-corrected chi connectivity index (χ2v) is 6.74. The van der Waals surface area contributed by atoms with E-state index in [2.05, 4.69) is 17.6 Å². The summed E-state index contributed by atoms with van der Waals surface area (Å²) in [6, 6.07) is 13.3. The van der Waals surface area contributed by atoms with Gasteiger partial charge in [-0.15, -0.1) is 0 Å². The number of benzene rings is 2. The van der Waals surface area contributed by atoms with Crippen molar-refractivity contribution in [2.75, 3.05) is 6.61 Å². The number of aromatic nitrogens is 2. The maximum atomic E-state index is 8.53. The van der Waals surface area contributed by atoms with Crippen LogP contribution in [0.25, 0.3) is 11.0 Å². The molecule has 1 aromatic heterocycles. The van der Waals surface area contributed by atoms with Gasteiger partial charge in [-0.05, 0) is 36.8 Å². The molecule has 0 aliphatic rings. The minimum absolute atomic E-state index is 0. The third-order valence-corrected chi connectivity index (χ3v) is 4.71. The lowest BCUT2D eigenvalue weighted by Crippen LogP contribution is -3.00. The fourth-order valence-corrected chi connectivity index (χ4v) is 3.37. The molecular weight excluding hydrogens is 437 g/mol. The molecule has 0 saturated heterocycles. The first-order valence-electron chi connectivity index (χ1n) is 8.42. The van der Waals surface area contributed by atoms with Gasteiger partial charge in [0.1, 0.15) is 12.4 Å². The summed E-state index contributed by atoms with van der Waals surface area (Å²) < 4.78 is 9.83. The molecule has 1 heterocycles. The Morgan fingerprint density at radius 3 is 2.27 bits per heavy atom. The fraction of sp³-hybridized carbons (Fsp3) is 0.316. The number of para-hydroxylation sites is 2. The number of nitrogens with one attached hydrogen (secondary N) is 1. The Morgan fingerprint density at radius 1 is 1.00 bits per heavy atom. The van der Waals surface area contributed by atoms with Gasteiger partial charge < -0.3 is 30.9 Å². The SMILES string of the molecule is CCCCn1c(=N)n(CCOc2ccc(Cl)cc2Cl)c2ccccc21.[Br-]. The van der Waals surface area contributed by atoms with Crippen LogP contribution in [-0.4, -0.2) is 15.7 Å². The van der Waals surface area contributed by atoms with Gasteiger partial charge in [-0.25, -0.2) is 0 Å². The van der Waals surface area contributed by atoms with Crippen LogP contribution in [0.3, 0.4) is 0 Å². The van der Waals surface area contributed by atoms with Crippen LogP contribution in [0.5, 0.6) is 5.75 Å². The summed E-state index contributed by atoms with van der Waals surface area (Å²) in [5, 5.41) is 9.61. The van der Waals surface area contributed by atoms with Gasteiger partial charge in [0.05, 0.1) is 22.6 Å². The normalized spacial score (nSPS) is 10.7. The highest BCUT2D eigenvalue weighted by atomic mass is 79.9. The summed E-state index contributed by atoms with van der Waals surface area (Å²) in [6.07, 6.45) is 2.16. The third kappa shape index (κ3) is 4.45. The zero-order chi connectivity index (χ0) is 17.8. The van der Waals surface area contributed by atoms with Crippen LogP contribution in [-0.2, 0) is 13.1 Å². The molecule has 0 aliphatic heterocycles. The number of halogens is 3. The van der Waals surface area contributed by atoms with Crippen molar-refractivity contribution in [2.45, 2.75) is 32.9 Å². The van der Waals surface area contributed by atoms with Gasteiger partial charge in [0.2, 0.25) is 5.62 Å². The van der Waals surface area contributed by atoms with Gasteiger partial charge in [-0.2, -0.15) is 0 Å². The molecule has 7 heteroatoms. The Hall–Kier alpha value is -1.43. The van der Waals surface area contributed by atoms with Gasteiger partial charge in [-0.1, -0.05) is 48.7 Å². The van der Waals surface area contributed by atoms with E-state index >= 15 is 0 Å². The quantitative estimate of drug-likeness (QED) is 0.580. The summed E-state index contributed by atoms with van der Waals surface area (Å²) >= 11 is 12.0. The molecule has 0 radical (unpaired) electrons. The van der Waals surface area contributed by atoms with E-state index in [1.54, 1.807) is 18.2 Å².